The van der Waals surface area contributed by atoms with E-state index in [2.05, 4.69) is 21.7 Å². The van der Waals surface area contributed by atoms with Gasteiger partial charge in [-0.3, -0.25) is 4.90 Å². The topological polar surface area (TPSA) is 52.7 Å². The molecule has 5 heteroatoms. The molecule has 126 valence electrons. The van der Waals surface area contributed by atoms with Crippen molar-refractivity contribution in [3.63, 3.8) is 0 Å². The van der Waals surface area contributed by atoms with Crippen molar-refractivity contribution in [3.05, 3.63) is 30.2 Å². The molecule has 23 heavy (non-hydrogen) atoms. The van der Waals surface area contributed by atoms with Crippen LogP contribution in [0.15, 0.2) is 28.7 Å². The van der Waals surface area contributed by atoms with Crippen molar-refractivity contribution in [1.82, 2.24) is 14.8 Å². The summed E-state index contributed by atoms with van der Waals surface area (Å²) in [5.74, 6) is 0.840. The number of oxazole rings is 1. The van der Waals surface area contributed by atoms with Gasteiger partial charge in [0.25, 0.3) is 0 Å². The summed E-state index contributed by atoms with van der Waals surface area (Å²) in [6.07, 6.45) is 1.70. The molecule has 2 heterocycles. The number of β-amino-alcohol motifs (C(OH)–C–C–N with tert-alkyl or cyclic N) is 1. The van der Waals surface area contributed by atoms with Gasteiger partial charge in [-0.25, -0.2) is 4.98 Å². The molecule has 0 amide bonds. The highest BCUT2D eigenvalue weighted by atomic mass is 16.3. The van der Waals surface area contributed by atoms with E-state index in [4.69, 9.17) is 4.42 Å². The van der Waals surface area contributed by atoms with Gasteiger partial charge < -0.3 is 14.4 Å². The van der Waals surface area contributed by atoms with Crippen molar-refractivity contribution < 1.29 is 9.52 Å². The van der Waals surface area contributed by atoms with E-state index >= 15 is 0 Å². The van der Waals surface area contributed by atoms with Crippen LogP contribution in [0.4, 0.5) is 0 Å². The van der Waals surface area contributed by atoms with Crippen molar-refractivity contribution in [3.8, 4) is 0 Å². The Bertz CT molecular complexity index is 593. The summed E-state index contributed by atoms with van der Waals surface area (Å²) < 4.78 is 5.77. The van der Waals surface area contributed by atoms with Crippen LogP contribution in [0.1, 0.15) is 26.2 Å². The normalized spacial score (nSPS) is 21.8. The van der Waals surface area contributed by atoms with Crippen LogP contribution in [0.2, 0.25) is 0 Å². The summed E-state index contributed by atoms with van der Waals surface area (Å²) in [5.41, 5.74) is 1.82. The molecule has 3 rings (SSSR count). The molecule has 0 saturated carbocycles. The van der Waals surface area contributed by atoms with Crippen molar-refractivity contribution in [2.45, 2.75) is 38.8 Å². The molecule has 1 saturated heterocycles. The first-order valence-corrected chi connectivity index (χ1v) is 8.61. The molecule has 1 fully saturated rings. The van der Waals surface area contributed by atoms with E-state index in [0.717, 1.165) is 62.6 Å². The zero-order valence-electron chi connectivity index (χ0n) is 14.1. The van der Waals surface area contributed by atoms with E-state index in [1.54, 1.807) is 0 Å². The van der Waals surface area contributed by atoms with Crippen molar-refractivity contribution in [2.75, 3.05) is 32.7 Å². The van der Waals surface area contributed by atoms with Crippen LogP contribution in [-0.2, 0) is 6.42 Å². The maximum absolute atomic E-state index is 9.54. The van der Waals surface area contributed by atoms with E-state index in [1.807, 2.05) is 31.2 Å². The molecule has 0 bridgehead atoms. The third-order valence-electron chi connectivity index (χ3n) is 4.55. The van der Waals surface area contributed by atoms with E-state index in [9.17, 15) is 5.11 Å². The number of benzene rings is 1. The fourth-order valence-corrected chi connectivity index (χ4v) is 3.37. The number of rotatable bonds is 6. The maximum Gasteiger partial charge on any atom is 0.195 e. The Morgan fingerprint density at radius 3 is 2.91 bits per heavy atom. The number of piperazine rings is 1. The Kier molecular flexibility index (Phi) is 5.30. The minimum Gasteiger partial charge on any atom is -0.441 e. The van der Waals surface area contributed by atoms with Crippen LogP contribution in [-0.4, -0.2) is 64.8 Å². The Labute approximate surface area is 137 Å². The Balaban J connectivity index is 1.44. The quantitative estimate of drug-likeness (QED) is 0.885. The number of fused-ring (bicyclic) bond motifs is 1. The van der Waals surface area contributed by atoms with Gasteiger partial charge in [-0.1, -0.05) is 12.1 Å². The maximum atomic E-state index is 9.54. The first-order chi connectivity index (χ1) is 11.1. The van der Waals surface area contributed by atoms with Crippen molar-refractivity contribution >= 4 is 11.1 Å². The number of aliphatic hydroxyl groups excluding tert-OH is 1. The molecule has 1 aromatic heterocycles. The largest absolute Gasteiger partial charge is 0.441 e. The summed E-state index contributed by atoms with van der Waals surface area (Å²) in [6, 6.07) is 8.43. The average Bonchev–Trinajstić information content (AvgIpc) is 2.92. The molecule has 5 nitrogen and oxygen atoms in total. The monoisotopic (exact) mass is 317 g/mol. The van der Waals surface area contributed by atoms with Gasteiger partial charge in [0.15, 0.2) is 11.5 Å². The summed E-state index contributed by atoms with van der Waals surface area (Å²) in [6.45, 7) is 9.14. The SMILES string of the molecule is C[C@H](O)CN1CCN(CCCc2nc3ccccc3o2)C[C@H]1C. The second kappa shape index (κ2) is 7.43. The number of hydrogen-bond acceptors (Lipinski definition) is 5. The smallest absolute Gasteiger partial charge is 0.195 e. The van der Waals surface area contributed by atoms with Crippen molar-refractivity contribution in [1.29, 1.82) is 0 Å². The van der Waals surface area contributed by atoms with Crippen LogP contribution >= 0.6 is 0 Å². The molecular weight excluding hydrogens is 290 g/mol. The zero-order chi connectivity index (χ0) is 16.2. The number of aryl methyl sites for hydroxylation is 1. The highest BCUT2D eigenvalue weighted by molar-refractivity contribution is 5.72. The standard InChI is InChI=1S/C18H27N3O2/c1-14-12-20(10-11-21(14)13-15(2)22)9-5-8-18-19-16-6-3-4-7-17(16)23-18/h3-4,6-7,14-15,22H,5,8-13H2,1-2H3/t14-,15+/m1/s1. The average molecular weight is 317 g/mol. The summed E-state index contributed by atoms with van der Waals surface area (Å²) in [7, 11) is 0. The number of hydrogen-bond donors (Lipinski definition) is 1. The van der Waals surface area contributed by atoms with Gasteiger partial charge in [-0.05, 0) is 38.9 Å². The highest BCUT2D eigenvalue weighted by Crippen LogP contribution is 2.16. The first kappa shape index (κ1) is 16.4. The molecule has 1 aliphatic rings. The predicted molar refractivity (Wildman–Crippen MR) is 91.5 cm³/mol. The van der Waals surface area contributed by atoms with Crippen LogP contribution in [0.25, 0.3) is 11.1 Å². The molecule has 0 radical (unpaired) electrons. The van der Waals surface area contributed by atoms with Gasteiger partial charge in [0.1, 0.15) is 5.52 Å². The molecular formula is C18H27N3O2. The Morgan fingerprint density at radius 1 is 1.35 bits per heavy atom. The van der Waals surface area contributed by atoms with Crippen LogP contribution in [0, 0.1) is 0 Å². The number of nitrogens with zero attached hydrogens (tertiary/aromatic N) is 3. The van der Waals surface area contributed by atoms with Gasteiger partial charge in [-0.2, -0.15) is 0 Å². The molecule has 0 spiro atoms. The molecule has 2 atom stereocenters. The zero-order valence-corrected chi connectivity index (χ0v) is 14.1. The third kappa shape index (κ3) is 4.31. The fourth-order valence-electron chi connectivity index (χ4n) is 3.37. The van der Waals surface area contributed by atoms with Crippen LogP contribution in [0.3, 0.4) is 0 Å². The second-order valence-electron chi connectivity index (χ2n) is 6.67. The van der Waals surface area contributed by atoms with E-state index < -0.39 is 0 Å². The molecule has 0 aliphatic carbocycles. The predicted octanol–water partition coefficient (Wildman–Crippen LogP) is 2.15. The molecule has 2 aromatic rings. The lowest BCUT2D eigenvalue weighted by Crippen LogP contribution is -2.53. The van der Waals surface area contributed by atoms with E-state index in [0.29, 0.717) is 6.04 Å². The lowest BCUT2D eigenvalue weighted by atomic mass is 10.1. The lowest BCUT2D eigenvalue weighted by Gasteiger charge is -2.40. The van der Waals surface area contributed by atoms with Gasteiger partial charge in [0.2, 0.25) is 0 Å². The number of aliphatic hydroxyl groups is 1. The Hall–Kier alpha value is -1.43. The van der Waals surface area contributed by atoms with Crippen LogP contribution in [0.5, 0.6) is 0 Å². The summed E-state index contributed by atoms with van der Waals surface area (Å²) in [5, 5.41) is 9.54. The van der Waals surface area contributed by atoms with Gasteiger partial charge >= 0.3 is 0 Å². The second-order valence-corrected chi connectivity index (χ2v) is 6.67. The number of para-hydroxylation sites is 2. The van der Waals surface area contributed by atoms with Crippen LogP contribution < -0.4 is 0 Å². The van der Waals surface area contributed by atoms with Crippen molar-refractivity contribution in [2.24, 2.45) is 0 Å². The fraction of sp³-hybridized carbons (Fsp3) is 0.611. The summed E-state index contributed by atoms with van der Waals surface area (Å²) >= 11 is 0. The van der Waals surface area contributed by atoms with Gasteiger partial charge in [0.05, 0.1) is 6.10 Å². The number of aromatic nitrogens is 1. The van der Waals surface area contributed by atoms with E-state index in [1.165, 1.54) is 0 Å². The minimum absolute atomic E-state index is 0.247. The summed E-state index contributed by atoms with van der Waals surface area (Å²) in [4.78, 5) is 9.42. The molecule has 1 N–H and O–H groups in total. The lowest BCUT2D eigenvalue weighted by molar-refractivity contribution is 0.0447. The minimum atomic E-state index is -0.247. The molecule has 0 unspecified atom stereocenters. The molecule has 1 aliphatic heterocycles. The highest BCUT2D eigenvalue weighted by Gasteiger charge is 2.24. The van der Waals surface area contributed by atoms with Gasteiger partial charge in [0, 0.05) is 38.6 Å². The third-order valence-corrected chi connectivity index (χ3v) is 4.55. The molecule has 1 aromatic carbocycles. The first-order valence-electron chi connectivity index (χ1n) is 8.61. The Morgan fingerprint density at radius 2 is 2.17 bits per heavy atom. The van der Waals surface area contributed by atoms with Gasteiger partial charge in [-0.15, -0.1) is 0 Å². The van der Waals surface area contributed by atoms with E-state index in [-0.39, 0.29) is 6.10 Å².